The fourth-order valence-corrected chi connectivity index (χ4v) is 2.36. The van der Waals surface area contributed by atoms with Crippen LogP contribution in [0.15, 0.2) is 29.3 Å². The molecule has 1 aliphatic heterocycles. The lowest BCUT2D eigenvalue weighted by Gasteiger charge is -2.36. The zero-order chi connectivity index (χ0) is 14.5. The van der Waals surface area contributed by atoms with Crippen molar-refractivity contribution in [2.75, 3.05) is 37.6 Å². The molecule has 5 nitrogen and oxygen atoms in total. The molecule has 0 unspecified atom stereocenters. The molecule has 0 spiro atoms. The van der Waals surface area contributed by atoms with E-state index in [1.54, 1.807) is 6.92 Å². The predicted octanol–water partition coefficient (Wildman–Crippen LogP) is 1.35. The van der Waals surface area contributed by atoms with Gasteiger partial charge in [-0.1, -0.05) is 0 Å². The van der Waals surface area contributed by atoms with Crippen LogP contribution in [0.3, 0.4) is 0 Å². The van der Waals surface area contributed by atoms with Crippen molar-refractivity contribution in [1.82, 2.24) is 4.90 Å². The first kappa shape index (κ1) is 14.4. The number of guanidine groups is 1. The summed E-state index contributed by atoms with van der Waals surface area (Å²) in [6.07, 6.45) is 0. The van der Waals surface area contributed by atoms with Crippen molar-refractivity contribution in [2.45, 2.75) is 13.8 Å². The highest BCUT2D eigenvalue weighted by molar-refractivity contribution is 5.94. The Morgan fingerprint density at radius 3 is 2.30 bits per heavy atom. The number of carbonyl (C=O) groups excluding carboxylic acids is 1. The lowest BCUT2D eigenvalue weighted by atomic mass is 10.1. The summed E-state index contributed by atoms with van der Waals surface area (Å²) in [6.45, 7) is 7.88. The fraction of sp³-hybridized carbons (Fsp3) is 0.467. The molecule has 0 radical (unpaired) electrons. The van der Waals surface area contributed by atoms with Crippen LogP contribution in [-0.4, -0.2) is 49.4 Å². The van der Waals surface area contributed by atoms with E-state index in [9.17, 15) is 4.79 Å². The minimum Gasteiger partial charge on any atom is -0.370 e. The molecule has 20 heavy (non-hydrogen) atoms. The quantitative estimate of drug-likeness (QED) is 0.513. The molecule has 0 aromatic heterocycles. The second-order valence-corrected chi connectivity index (χ2v) is 4.91. The lowest BCUT2D eigenvalue weighted by Crippen LogP contribution is -2.51. The minimum atomic E-state index is 0.102. The van der Waals surface area contributed by atoms with Crippen LogP contribution in [0.4, 0.5) is 5.69 Å². The summed E-state index contributed by atoms with van der Waals surface area (Å²) in [7, 11) is 0. The first-order valence-electron chi connectivity index (χ1n) is 7.02. The molecule has 1 aliphatic rings. The van der Waals surface area contributed by atoms with E-state index in [4.69, 9.17) is 5.73 Å². The standard InChI is InChI=1S/C15H22N4O/c1-3-17-15(16)19-10-8-18(9-11-19)14-6-4-13(5-7-14)12(2)20/h4-7H,3,8-11H2,1-2H3,(H2,16,17). The molecule has 1 fully saturated rings. The second kappa shape index (κ2) is 6.41. The van der Waals surface area contributed by atoms with Crippen LogP contribution in [0.25, 0.3) is 0 Å². The number of nitrogens with two attached hydrogens (primary N) is 1. The van der Waals surface area contributed by atoms with E-state index in [0.717, 1.165) is 44.0 Å². The van der Waals surface area contributed by atoms with Gasteiger partial charge in [0.15, 0.2) is 11.7 Å². The van der Waals surface area contributed by atoms with Crippen molar-refractivity contribution in [3.63, 3.8) is 0 Å². The van der Waals surface area contributed by atoms with E-state index >= 15 is 0 Å². The number of aliphatic imine (C=N–C) groups is 1. The van der Waals surface area contributed by atoms with Gasteiger partial charge in [-0.15, -0.1) is 0 Å². The number of ketones is 1. The Morgan fingerprint density at radius 2 is 1.80 bits per heavy atom. The third kappa shape index (κ3) is 3.29. The summed E-state index contributed by atoms with van der Waals surface area (Å²) in [5.74, 6) is 0.740. The number of hydrogen-bond donors (Lipinski definition) is 1. The van der Waals surface area contributed by atoms with Gasteiger partial charge in [0.2, 0.25) is 0 Å². The highest BCUT2D eigenvalue weighted by atomic mass is 16.1. The van der Waals surface area contributed by atoms with Crippen molar-refractivity contribution in [2.24, 2.45) is 10.7 Å². The maximum absolute atomic E-state index is 11.3. The monoisotopic (exact) mass is 274 g/mol. The average Bonchev–Trinajstić information content (AvgIpc) is 2.48. The zero-order valence-corrected chi connectivity index (χ0v) is 12.2. The van der Waals surface area contributed by atoms with Gasteiger partial charge in [-0.2, -0.15) is 0 Å². The fourth-order valence-electron chi connectivity index (χ4n) is 2.36. The summed E-state index contributed by atoms with van der Waals surface area (Å²) in [6, 6.07) is 7.79. The molecule has 1 aromatic carbocycles. The minimum absolute atomic E-state index is 0.102. The van der Waals surface area contributed by atoms with Crippen molar-refractivity contribution < 1.29 is 4.79 Å². The molecule has 108 valence electrons. The van der Waals surface area contributed by atoms with Gasteiger partial charge in [-0.3, -0.25) is 9.79 Å². The van der Waals surface area contributed by atoms with Gasteiger partial charge in [0, 0.05) is 44.0 Å². The number of Topliss-reactive ketones (excluding diaryl/α,β-unsaturated/α-hetero) is 1. The Morgan fingerprint density at radius 1 is 1.20 bits per heavy atom. The third-order valence-electron chi connectivity index (χ3n) is 3.56. The molecular formula is C15H22N4O. The lowest BCUT2D eigenvalue weighted by molar-refractivity contribution is 0.101. The maximum atomic E-state index is 11.3. The third-order valence-corrected chi connectivity index (χ3v) is 3.56. The Bertz CT molecular complexity index is 487. The molecule has 5 heteroatoms. The van der Waals surface area contributed by atoms with Gasteiger partial charge in [-0.05, 0) is 38.1 Å². The van der Waals surface area contributed by atoms with Gasteiger partial charge in [0.25, 0.3) is 0 Å². The topological polar surface area (TPSA) is 61.9 Å². The summed E-state index contributed by atoms with van der Waals surface area (Å²) >= 11 is 0. The highest BCUT2D eigenvalue weighted by Crippen LogP contribution is 2.17. The molecule has 2 N–H and O–H groups in total. The van der Waals surface area contributed by atoms with Gasteiger partial charge in [0.1, 0.15) is 0 Å². The van der Waals surface area contributed by atoms with Crippen LogP contribution in [0.5, 0.6) is 0 Å². The first-order chi connectivity index (χ1) is 9.61. The van der Waals surface area contributed by atoms with E-state index in [0.29, 0.717) is 5.96 Å². The summed E-state index contributed by atoms with van der Waals surface area (Å²) in [5, 5.41) is 0. The zero-order valence-electron chi connectivity index (χ0n) is 12.2. The Labute approximate surface area is 120 Å². The van der Waals surface area contributed by atoms with Crippen LogP contribution in [0, 0.1) is 0 Å². The van der Waals surface area contributed by atoms with E-state index in [1.807, 2.05) is 31.2 Å². The predicted molar refractivity (Wildman–Crippen MR) is 82.4 cm³/mol. The molecule has 0 atom stereocenters. The van der Waals surface area contributed by atoms with Gasteiger partial charge in [-0.25, -0.2) is 0 Å². The van der Waals surface area contributed by atoms with Crippen molar-refractivity contribution in [3.05, 3.63) is 29.8 Å². The molecule has 0 bridgehead atoms. The molecule has 1 heterocycles. The SMILES string of the molecule is CCN=C(N)N1CCN(c2ccc(C(C)=O)cc2)CC1. The molecule has 0 amide bonds. The van der Waals surface area contributed by atoms with Gasteiger partial charge >= 0.3 is 0 Å². The van der Waals surface area contributed by atoms with Crippen LogP contribution < -0.4 is 10.6 Å². The van der Waals surface area contributed by atoms with Gasteiger partial charge in [0.05, 0.1) is 0 Å². The van der Waals surface area contributed by atoms with Crippen molar-refractivity contribution >= 4 is 17.4 Å². The first-order valence-corrected chi connectivity index (χ1v) is 7.02. The molecule has 2 rings (SSSR count). The molecule has 0 aliphatic carbocycles. The molecular weight excluding hydrogens is 252 g/mol. The van der Waals surface area contributed by atoms with Crippen molar-refractivity contribution in [3.8, 4) is 0 Å². The molecule has 0 saturated carbocycles. The second-order valence-electron chi connectivity index (χ2n) is 4.91. The summed E-state index contributed by atoms with van der Waals surface area (Å²) < 4.78 is 0. The van der Waals surface area contributed by atoms with Crippen LogP contribution in [0.2, 0.25) is 0 Å². The van der Waals surface area contributed by atoms with E-state index in [2.05, 4.69) is 14.8 Å². The number of rotatable bonds is 3. The number of hydrogen-bond acceptors (Lipinski definition) is 3. The molecule has 1 saturated heterocycles. The van der Waals surface area contributed by atoms with Crippen molar-refractivity contribution in [1.29, 1.82) is 0 Å². The number of nitrogens with zero attached hydrogens (tertiary/aromatic N) is 3. The number of piperazine rings is 1. The molecule has 1 aromatic rings. The van der Waals surface area contributed by atoms with Crippen LogP contribution >= 0.6 is 0 Å². The normalized spacial score (nSPS) is 16.4. The number of anilines is 1. The average molecular weight is 274 g/mol. The smallest absolute Gasteiger partial charge is 0.191 e. The number of benzene rings is 1. The van der Waals surface area contributed by atoms with E-state index in [-0.39, 0.29) is 5.78 Å². The highest BCUT2D eigenvalue weighted by Gasteiger charge is 2.18. The maximum Gasteiger partial charge on any atom is 0.191 e. The van der Waals surface area contributed by atoms with E-state index < -0.39 is 0 Å². The summed E-state index contributed by atoms with van der Waals surface area (Å²) in [5.41, 5.74) is 7.83. The summed E-state index contributed by atoms with van der Waals surface area (Å²) in [4.78, 5) is 19.9. The van der Waals surface area contributed by atoms with Crippen LogP contribution in [-0.2, 0) is 0 Å². The number of carbonyl (C=O) groups is 1. The Balaban J connectivity index is 1.96. The van der Waals surface area contributed by atoms with E-state index in [1.165, 1.54) is 0 Å². The Kier molecular flexibility index (Phi) is 4.61. The Hall–Kier alpha value is -2.04. The van der Waals surface area contributed by atoms with Gasteiger partial charge < -0.3 is 15.5 Å². The largest absolute Gasteiger partial charge is 0.370 e. The van der Waals surface area contributed by atoms with Crippen LogP contribution in [0.1, 0.15) is 24.2 Å².